The number of benzene rings is 1. The van der Waals surface area contributed by atoms with Crippen LogP contribution in [0.3, 0.4) is 0 Å². The van der Waals surface area contributed by atoms with Gasteiger partial charge in [0.15, 0.2) is 0 Å². The number of hydrogen-bond acceptors (Lipinski definition) is 3. The van der Waals surface area contributed by atoms with Crippen molar-refractivity contribution < 1.29 is 4.39 Å². The Morgan fingerprint density at radius 2 is 2.19 bits per heavy atom. The molecule has 0 fully saturated rings. The molecule has 16 heavy (non-hydrogen) atoms. The maximum atomic E-state index is 13.7. The summed E-state index contributed by atoms with van der Waals surface area (Å²) in [5, 5.41) is 8.06. The first-order valence-electron chi connectivity index (χ1n) is 4.94. The first-order chi connectivity index (χ1) is 7.59. The van der Waals surface area contributed by atoms with Gasteiger partial charge in [-0.05, 0) is 12.1 Å². The van der Waals surface area contributed by atoms with Crippen molar-refractivity contribution in [2.24, 2.45) is 21.9 Å². The third-order valence-corrected chi connectivity index (χ3v) is 2.80. The van der Waals surface area contributed by atoms with Crippen molar-refractivity contribution in [2.75, 3.05) is 0 Å². The van der Waals surface area contributed by atoms with E-state index in [2.05, 4.69) is 10.2 Å². The second kappa shape index (κ2) is 4.22. The molecule has 0 saturated carbocycles. The zero-order valence-corrected chi connectivity index (χ0v) is 9.50. The first-order valence-corrected chi connectivity index (χ1v) is 5.31. The summed E-state index contributed by atoms with van der Waals surface area (Å²) < 4.78 is 13.7. The summed E-state index contributed by atoms with van der Waals surface area (Å²) in [5.41, 5.74) is 6.44. The maximum absolute atomic E-state index is 13.7. The van der Waals surface area contributed by atoms with Crippen LogP contribution in [0, 0.1) is 11.7 Å². The number of nitrogens with zero attached hydrogens (tertiary/aromatic N) is 2. The van der Waals surface area contributed by atoms with Crippen LogP contribution >= 0.6 is 11.6 Å². The molecule has 1 unspecified atom stereocenters. The van der Waals surface area contributed by atoms with Gasteiger partial charge in [-0.2, -0.15) is 5.10 Å². The third kappa shape index (κ3) is 1.93. The number of rotatable bonds is 1. The third-order valence-electron chi connectivity index (χ3n) is 2.49. The minimum atomic E-state index is -0.381. The van der Waals surface area contributed by atoms with Gasteiger partial charge in [0, 0.05) is 12.3 Å². The summed E-state index contributed by atoms with van der Waals surface area (Å²) in [6.45, 7) is 1.92. The number of halogens is 2. The van der Waals surface area contributed by atoms with Gasteiger partial charge in [0.2, 0.25) is 0 Å². The van der Waals surface area contributed by atoms with E-state index >= 15 is 0 Å². The van der Waals surface area contributed by atoms with Crippen molar-refractivity contribution in [2.45, 2.75) is 13.3 Å². The van der Waals surface area contributed by atoms with Crippen LogP contribution in [-0.2, 0) is 0 Å². The predicted octanol–water partition coefficient (Wildman–Crippen LogP) is 2.58. The van der Waals surface area contributed by atoms with Gasteiger partial charge in [-0.25, -0.2) is 4.39 Å². The Morgan fingerprint density at radius 1 is 1.44 bits per heavy atom. The van der Waals surface area contributed by atoms with Crippen molar-refractivity contribution in [3.05, 3.63) is 34.6 Å². The molecule has 1 aromatic rings. The van der Waals surface area contributed by atoms with E-state index in [0.29, 0.717) is 28.6 Å². The number of hydrogen-bond donors (Lipinski definition) is 1. The molecule has 84 valence electrons. The van der Waals surface area contributed by atoms with Gasteiger partial charge in [-0.1, -0.05) is 24.6 Å². The van der Waals surface area contributed by atoms with E-state index in [1.165, 1.54) is 6.07 Å². The molecule has 1 aromatic carbocycles. The molecule has 1 heterocycles. The molecule has 0 saturated heterocycles. The van der Waals surface area contributed by atoms with Crippen molar-refractivity contribution in [1.29, 1.82) is 0 Å². The Bertz CT molecular complexity index is 462. The Kier molecular flexibility index (Phi) is 2.92. The van der Waals surface area contributed by atoms with Gasteiger partial charge in [-0.15, -0.1) is 5.10 Å². The fourth-order valence-corrected chi connectivity index (χ4v) is 1.97. The van der Waals surface area contributed by atoms with E-state index in [1.54, 1.807) is 12.1 Å². The second-order valence-electron chi connectivity index (χ2n) is 3.78. The minimum Gasteiger partial charge on any atom is -0.386 e. The molecule has 1 aliphatic heterocycles. The van der Waals surface area contributed by atoms with Crippen molar-refractivity contribution in [1.82, 2.24) is 0 Å². The first kappa shape index (κ1) is 11.1. The van der Waals surface area contributed by atoms with Gasteiger partial charge in [-0.3, -0.25) is 0 Å². The lowest BCUT2D eigenvalue weighted by atomic mass is 9.94. The van der Waals surface area contributed by atoms with Gasteiger partial charge in [0.1, 0.15) is 11.7 Å². The monoisotopic (exact) mass is 239 g/mol. The molecule has 1 atom stereocenters. The van der Waals surface area contributed by atoms with E-state index < -0.39 is 0 Å². The van der Waals surface area contributed by atoms with Gasteiger partial charge >= 0.3 is 0 Å². The van der Waals surface area contributed by atoms with Crippen LogP contribution in [-0.4, -0.2) is 11.5 Å². The Labute approximate surface area is 97.8 Å². The molecule has 0 aromatic heterocycles. The van der Waals surface area contributed by atoms with E-state index in [-0.39, 0.29) is 11.7 Å². The molecular weight excluding hydrogens is 229 g/mol. The van der Waals surface area contributed by atoms with Crippen LogP contribution in [0.2, 0.25) is 5.02 Å². The Hall–Kier alpha value is -1.42. The highest BCUT2D eigenvalue weighted by molar-refractivity contribution is 6.34. The molecule has 0 bridgehead atoms. The average Bonchev–Trinajstić information content (AvgIpc) is 2.20. The predicted molar refractivity (Wildman–Crippen MR) is 63.4 cm³/mol. The lowest BCUT2D eigenvalue weighted by molar-refractivity contribution is 0.621. The lowest BCUT2D eigenvalue weighted by Gasteiger charge is -2.18. The highest BCUT2D eigenvalue weighted by atomic mass is 35.5. The van der Waals surface area contributed by atoms with E-state index in [9.17, 15) is 4.39 Å². The summed E-state index contributed by atoms with van der Waals surface area (Å²) in [7, 11) is 0. The Morgan fingerprint density at radius 3 is 2.81 bits per heavy atom. The zero-order chi connectivity index (χ0) is 11.7. The maximum Gasteiger partial charge on any atom is 0.133 e. The van der Waals surface area contributed by atoms with Crippen LogP contribution in [0.5, 0.6) is 0 Å². The normalized spacial score (nSPS) is 20.3. The van der Waals surface area contributed by atoms with Crippen molar-refractivity contribution in [3.63, 3.8) is 0 Å². The second-order valence-corrected chi connectivity index (χ2v) is 4.19. The zero-order valence-electron chi connectivity index (χ0n) is 8.74. The molecule has 2 rings (SSSR count). The molecule has 1 aliphatic rings. The molecule has 0 amide bonds. The number of amidine groups is 1. The molecule has 3 nitrogen and oxygen atoms in total. The van der Waals surface area contributed by atoms with Crippen LogP contribution in [0.25, 0.3) is 0 Å². The minimum absolute atomic E-state index is 0.0203. The van der Waals surface area contributed by atoms with Crippen LogP contribution in [0.15, 0.2) is 28.4 Å². The van der Waals surface area contributed by atoms with E-state index in [4.69, 9.17) is 17.3 Å². The Balaban J connectivity index is 2.52. The quantitative estimate of drug-likeness (QED) is 0.805. The fourth-order valence-electron chi connectivity index (χ4n) is 1.71. The summed E-state index contributed by atoms with van der Waals surface area (Å²) in [5.74, 6) is 0.101. The van der Waals surface area contributed by atoms with Crippen molar-refractivity contribution in [3.8, 4) is 0 Å². The van der Waals surface area contributed by atoms with Gasteiger partial charge in [0.25, 0.3) is 0 Å². The van der Waals surface area contributed by atoms with Gasteiger partial charge < -0.3 is 5.73 Å². The standard InChI is InChI=1S/C11H11ClFN3/c1-6-5-9(14)15-16-11(6)10-7(12)3-2-4-8(10)13/h2-4,6H,5H2,1H3,(H2,14,15). The molecule has 0 spiro atoms. The van der Waals surface area contributed by atoms with Gasteiger partial charge in [0.05, 0.1) is 16.3 Å². The largest absolute Gasteiger partial charge is 0.386 e. The average molecular weight is 240 g/mol. The highest BCUT2D eigenvalue weighted by Crippen LogP contribution is 2.25. The molecule has 0 aliphatic carbocycles. The summed E-state index contributed by atoms with van der Waals surface area (Å²) in [6, 6.07) is 4.56. The summed E-state index contributed by atoms with van der Waals surface area (Å²) >= 11 is 5.96. The molecular formula is C11H11ClFN3. The topological polar surface area (TPSA) is 50.7 Å². The number of nitrogens with two attached hydrogens (primary N) is 1. The molecule has 0 radical (unpaired) electrons. The van der Waals surface area contributed by atoms with Crippen LogP contribution in [0.1, 0.15) is 18.9 Å². The molecule has 2 N–H and O–H groups in total. The SMILES string of the molecule is CC1CC(N)=NN=C1c1c(F)cccc1Cl. The van der Waals surface area contributed by atoms with Crippen LogP contribution < -0.4 is 5.73 Å². The fraction of sp³-hybridized carbons (Fsp3) is 0.273. The molecule has 5 heteroatoms. The van der Waals surface area contributed by atoms with Crippen molar-refractivity contribution >= 4 is 23.1 Å². The van der Waals surface area contributed by atoms with E-state index in [1.807, 2.05) is 6.92 Å². The smallest absolute Gasteiger partial charge is 0.133 e. The highest BCUT2D eigenvalue weighted by Gasteiger charge is 2.23. The lowest BCUT2D eigenvalue weighted by Crippen LogP contribution is -2.26. The summed E-state index contributed by atoms with van der Waals surface area (Å²) in [4.78, 5) is 0. The summed E-state index contributed by atoms with van der Waals surface area (Å²) in [6.07, 6.45) is 0.573. The van der Waals surface area contributed by atoms with E-state index in [0.717, 1.165) is 0 Å². The van der Waals surface area contributed by atoms with Crippen LogP contribution in [0.4, 0.5) is 4.39 Å².